The minimum absolute atomic E-state index is 0.338. The summed E-state index contributed by atoms with van der Waals surface area (Å²) in [7, 11) is 0. The van der Waals surface area contributed by atoms with Crippen molar-refractivity contribution in [2.24, 2.45) is 0 Å². The van der Waals surface area contributed by atoms with Gasteiger partial charge in [0.05, 0.1) is 0 Å². The molecule has 0 aliphatic carbocycles. The SMILES string of the molecule is CCNC(Cc1ccccn1)c1cccc(C)c1. The first kappa shape index (κ1) is 12.8. The van der Waals surface area contributed by atoms with Crippen molar-refractivity contribution in [2.45, 2.75) is 26.3 Å². The molecule has 18 heavy (non-hydrogen) atoms. The molecule has 0 aliphatic heterocycles. The predicted octanol–water partition coefficient (Wildman–Crippen LogP) is 3.28. The van der Waals surface area contributed by atoms with Gasteiger partial charge in [-0.25, -0.2) is 0 Å². The minimum atomic E-state index is 0.338. The Labute approximate surface area is 109 Å². The molecule has 2 heteroatoms. The molecule has 0 amide bonds. The molecule has 1 unspecified atom stereocenters. The van der Waals surface area contributed by atoms with Crippen LogP contribution in [-0.4, -0.2) is 11.5 Å². The molecule has 0 bridgehead atoms. The molecule has 2 aromatic rings. The Morgan fingerprint density at radius 1 is 1.17 bits per heavy atom. The highest BCUT2D eigenvalue weighted by molar-refractivity contribution is 5.26. The van der Waals surface area contributed by atoms with E-state index >= 15 is 0 Å². The van der Waals surface area contributed by atoms with E-state index < -0.39 is 0 Å². The van der Waals surface area contributed by atoms with E-state index in [0.29, 0.717) is 6.04 Å². The van der Waals surface area contributed by atoms with Crippen LogP contribution in [0.3, 0.4) is 0 Å². The van der Waals surface area contributed by atoms with Crippen molar-refractivity contribution in [1.29, 1.82) is 0 Å². The molecule has 0 spiro atoms. The lowest BCUT2D eigenvalue weighted by Gasteiger charge is -2.18. The molecule has 2 rings (SSSR count). The molecule has 2 nitrogen and oxygen atoms in total. The van der Waals surface area contributed by atoms with Crippen LogP contribution in [0.5, 0.6) is 0 Å². The van der Waals surface area contributed by atoms with Crippen molar-refractivity contribution in [1.82, 2.24) is 10.3 Å². The zero-order chi connectivity index (χ0) is 12.8. The molecule has 0 radical (unpaired) electrons. The summed E-state index contributed by atoms with van der Waals surface area (Å²) in [6.45, 7) is 5.24. The van der Waals surface area contributed by atoms with Crippen LogP contribution in [0.4, 0.5) is 0 Å². The number of hydrogen-bond donors (Lipinski definition) is 1. The summed E-state index contributed by atoms with van der Waals surface area (Å²) in [5.41, 5.74) is 3.77. The van der Waals surface area contributed by atoms with Crippen molar-refractivity contribution >= 4 is 0 Å². The van der Waals surface area contributed by atoms with Gasteiger partial charge in [-0.3, -0.25) is 4.98 Å². The van der Waals surface area contributed by atoms with E-state index in [2.05, 4.69) is 54.5 Å². The molecule has 94 valence electrons. The molecular formula is C16H20N2. The van der Waals surface area contributed by atoms with Crippen molar-refractivity contribution < 1.29 is 0 Å². The van der Waals surface area contributed by atoms with E-state index in [-0.39, 0.29) is 0 Å². The first-order chi connectivity index (χ1) is 8.79. The third-order valence-corrected chi connectivity index (χ3v) is 3.03. The van der Waals surface area contributed by atoms with Crippen LogP contribution in [0.15, 0.2) is 48.7 Å². The van der Waals surface area contributed by atoms with Gasteiger partial charge in [0.15, 0.2) is 0 Å². The van der Waals surface area contributed by atoms with E-state index in [1.165, 1.54) is 11.1 Å². The maximum atomic E-state index is 4.41. The van der Waals surface area contributed by atoms with Crippen molar-refractivity contribution in [3.05, 3.63) is 65.5 Å². The minimum Gasteiger partial charge on any atom is -0.310 e. The van der Waals surface area contributed by atoms with Crippen LogP contribution < -0.4 is 5.32 Å². The first-order valence-corrected chi connectivity index (χ1v) is 6.49. The van der Waals surface area contributed by atoms with Crippen molar-refractivity contribution in [3.8, 4) is 0 Å². The monoisotopic (exact) mass is 240 g/mol. The molecule has 1 N–H and O–H groups in total. The van der Waals surface area contributed by atoms with Gasteiger partial charge < -0.3 is 5.32 Å². The zero-order valence-electron chi connectivity index (χ0n) is 11.1. The highest BCUT2D eigenvalue weighted by atomic mass is 14.9. The summed E-state index contributed by atoms with van der Waals surface area (Å²) in [6.07, 6.45) is 2.78. The maximum absolute atomic E-state index is 4.41. The Bertz CT molecular complexity index is 479. The standard InChI is InChI=1S/C16H20N2/c1-3-17-16(12-15-9-4-5-10-18-15)14-8-6-7-13(2)11-14/h4-11,16-17H,3,12H2,1-2H3. The molecule has 0 aliphatic rings. The van der Waals surface area contributed by atoms with Gasteiger partial charge in [0.25, 0.3) is 0 Å². The molecule has 0 saturated carbocycles. The third kappa shape index (κ3) is 3.41. The number of nitrogens with zero attached hydrogens (tertiary/aromatic N) is 1. The van der Waals surface area contributed by atoms with Gasteiger partial charge in [0.1, 0.15) is 0 Å². The maximum Gasteiger partial charge on any atom is 0.0422 e. The lowest BCUT2D eigenvalue weighted by Crippen LogP contribution is -2.23. The van der Waals surface area contributed by atoms with Crippen molar-refractivity contribution in [3.63, 3.8) is 0 Å². The average Bonchev–Trinajstić information content (AvgIpc) is 2.39. The fraction of sp³-hybridized carbons (Fsp3) is 0.312. The van der Waals surface area contributed by atoms with Gasteiger partial charge in [0, 0.05) is 24.4 Å². The second-order valence-corrected chi connectivity index (χ2v) is 4.55. The number of rotatable bonds is 5. The number of hydrogen-bond acceptors (Lipinski definition) is 2. The van der Waals surface area contributed by atoms with Crippen molar-refractivity contribution in [2.75, 3.05) is 6.54 Å². The van der Waals surface area contributed by atoms with Crippen LogP contribution in [0.2, 0.25) is 0 Å². The van der Waals surface area contributed by atoms with Crippen LogP contribution in [-0.2, 0) is 6.42 Å². The Morgan fingerprint density at radius 2 is 2.06 bits per heavy atom. The largest absolute Gasteiger partial charge is 0.310 e. The summed E-state index contributed by atoms with van der Waals surface area (Å²) in [4.78, 5) is 4.41. The van der Waals surface area contributed by atoms with E-state index in [1.807, 2.05) is 18.3 Å². The summed E-state index contributed by atoms with van der Waals surface area (Å²) in [6, 6.07) is 15.1. The lowest BCUT2D eigenvalue weighted by atomic mass is 10.00. The lowest BCUT2D eigenvalue weighted by molar-refractivity contribution is 0.544. The van der Waals surface area contributed by atoms with Gasteiger partial charge >= 0.3 is 0 Å². The molecule has 1 aromatic carbocycles. The fourth-order valence-corrected chi connectivity index (χ4v) is 2.17. The number of benzene rings is 1. The van der Waals surface area contributed by atoms with E-state index in [9.17, 15) is 0 Å². The first-order valence-electron chi connectivity index (χ1n) is 6.49. The van der Waals surface area contributed by atoms with Crippen LogP contribution in [0.1, 0.15) is 29.8 Å². The second-order valence-electron chi connectivity index (χ2n) is 4.55. The summed E-state index contributed by atoms with van der Waals surface area (Å²) >= 11 is 0. The van der Waals surface area contributed by atoms with Gasteiger partial charge in [-0.15, -0.1) is 0 Å². The Morgan fingerprint density at radius 3 is 2.72 bits per heavy atom. The topological polar surface area (TPSA) is 24.9 Å². The molecule has 1 atom stereocenters. The number of pyridine rings is 1. The summed E-state index contributed by atoms with van der Waals surface area (Å²) < 4.78 is 0. The number of aromatic nitrogens is 1. The molecule has 0 saturated heterocycles. The van der Waals surface area contributed by atoms with Crippen LogP contribution in [0, 0.1) is 6.92 Å². The Kier molecular flexibility index (Phi) is 4.48. The van der Waals surface area contributed by atoms with E-state index in [4.69, 9.17) is 0 Å². The van der Waals surface area contributed by atoms with E-state index in [1.54, 1.807) is 0 Å². The fourth-order valence-electron chi connectivity index (χ4n) is 2.17. The molecule has 1 aromatic heterocycles. The quantitative estimate of drug-likeness (QED) is 0.867. The predicted molar refractivity (Wildman–Crippen MR) is 75.5 cm³/mol. The second kappa shape index (κ2) is 6.31. The van der Waals surface area contributed by atoms with Crippen LogP contribution in [0.25, 0.3) is 0 Å². The molecule has 0 fully saturated rings. The van der Waals surface area contributed by atoms with Gasteiger partial charge in [0.2, 0.25) is 0 Å². The highest BCUT2D eigenvalue weighted by Gasteiger charge is 2.11. The summed E-state index contributed by atoms with van der Waals surface area (Å²) in [5, 5.41) is 3.53. The van der Waals surface area contributed by atoms with Gasteiger partial charge in [-0.05, 0) is 31.2 Å². The zero-order valence-corrected chi connectivity index (χ0v) is 11.1. The average molecular weight is 240 g/mol. The number of nitrogens with one attached hydrogen (secondary N) is 1. The van der Waals surface area contributed by atoms with E-state index in [0.717, 1.165) is 18.7 Å². The number of aryl methyl sites for hydroxylation is 1. The summed E-state index contributed by atoms with van der Waals surface area (Å²) in [5.74, 6) is 0. The third-order valence-electron chi connectivity index (χ3n) is 3.03. The normalized spacial score (nSPS) is 12.3. The highest BCUT2D eigenvalue weighted by Crippen LogP contribution is 2.18. The molecular weight excluding hydrogens is 220 g/mol. The number of likely N-dealkylation sites (N-methyl/N-ethyl adjacent to an activating group) is 1. The van der Waals surface area contributed by atoms with Gasteiger partial charge in [-0.2, -0.15) is 0 Å². The Balaban J connectivity index is 2.18. The van der Waals surface area contributed by atoms with Gasteiger partial charge in [-0.1, -0.05) is 42.8 Å². The smallest absolute Gasteiger partial charge is 0.0422 e. The molecule has 1 heterocycles. The Hall–Kier alpha value is -1.67. The van der Waals surface area contributed by atoms with Crippen LogP contribution >= 0.6 is 0 Å².